The molecule has 25 heavy (non-hydrogen) atoms. The molecule has 1 aromatic carbocycles. The molecule has 0 aliphatic carbocycles. The zero-order chi connectivity index (χ0) is 19.8. The predicted octanol–water partition coefficient (Wildman–Crippen LogP) is -0.217. The first-order valence-corrected chi connectivity index (χ1v) is 13.2. The van der Waals surface area contributed by atoms with Crippen LogP contribution in [0.5, 0.6) is 0 Å². The molecule has 1 aromatic rings. The standard InChI is InChI=1S/C9H10S.2C2H6.ClH.2H3O3PS/c1-2-6-9-8(4-1)5-3-7-10-9;2*1-2;;2*1-4(2,3)5/h1-2,4,6H,3,5,7H2;2*1-2H3;1H;2*(H3,1,2,3,5)/p-6. The van der Waals surface area contributed by atoms with Gasteiger partial charge < -0.3 is 42.8 Å². The monoisotopic (exact) mass is 468 g/mol. The molecule has 0 saturated heterocycles. The summed E-state index contributed by atoms with van der Waals surface area (Å²) >= 11 is 8.53. The Balaban J connectivity index is -0.000000128. The minimum Gasteiger partial charge on any atom is -0.844 e. The van der Waals surface area contributed by atoms with Gasteiger partial charge in [0, 0.05) is 4.90 Å². The van der Waals surface area contributed by atoms with E-state index in [0.29, 0.717) is 0 Å². The molecule has 0 bridgehead atoms. The lowest BCUT2D eigenvalue weighted by molar-refractivity contribution is -0.413. The summed E-state index contributed by atoms with van der Waals surface area (Å²) < 4.78 is 0. The average Bonchev–Trinajstić information content (AvgIpc) is 2.48. The van der Waals surface area contributed by atoms with Gasteiger partial charge in [0.25, 0.3) is 0 Å². The van der Waals surface area contributed by atoms with Gasteiger partial charge in [-0.2, -0.15) is 23.6 Å². The molecular formula is C13H23ClO6P2S3-6. The van der Waals surface area contributed by atoms with Gasteiger partial charge in [0.05, 0.1) is 0 Å². The highest BCUT2D eigenvalue weighted by atomic mass is 35.5. The summed E-state index contributed by atoms with van der Waals surface area (Å²) in [6.07, 6.45) is 2.63. The third-order valence-electron chi connectivity index (χ3n) is 1.82. The first-order valence-electron chi connectivity index (χ1n) is 7.13. The molecule has 0 unspecified atom stereocenters. The third kappa shape index (κ3) is 36.6. The van der Waals surface area contributed by atoms with E-state index < -0.39 is 13.4 Å². The maximum absolute atomic E-state index is 8.92. The zero-order valence-electron chi connectivity index (χ0n) is 14.4. The van der Waals surface area contributed by atoms with Crippen molar-refractivity contribution in [3.63, 3.8) is 0 Å². The highest BCUT2D eigenvalue weighted by Crippen LogP contribution is 2.28. The van der Waals surface area contributed by atoms with Gasteiger partial charge in [-0.05, 0) is 30.2 Å². The Labute approximate surface area is 171 Å². The Morgan fingerprint density at radius 3 is 1.56 bits per heavy atom. The summed E-state index contributed by atoms with van der Waals surface area (Å²) in [5, 5.41) is 0. The highest BCUT2D eigenvalue weighted by Gasteiger charge is 2.06. The second-order valence-electron chi connectivity index (χ2n) is 3.45. The molecule has 0 amide bonds. The number of benzene rings is 1. The van der Waals surface area contributed by atoms with Gasteiger partial charge in [-0.25, -0.2) is 0 Å². The van der Waals surface area contributed by atoms with Crippen LogP contribution in [0.1, 0.15) is 39.7 Å². The summed E-state index contributed by atoms with van der Waals surface area (Å²) in [6, 6.07) is 8.71. The van der Waals surface area contributed by atoms with E-state index >= 15 is 0 Å². The van der Waals surface area contributed by atoms with Crippen LogP contribution in [-0.4, -0.2) is 5.75 Å². The van der Waals surface area contributed by atoms with Crippen molar-refractivity contribution < 1.29 is 29.4 Å². The van der Waals surface area contributed by atoms with Crippen molar-refractivity contribution in [3.05, 3.63) is 29.8 Å². The summed E-state index contributed by atoms with van der Waals surface area (Å²) in [5.41, 5.74) is 1.54. The summed E-state index contributed by atoms with van der Waals surface area (Å²) in [6.45, 7) is -1.11. The normalized spacial score (nSPS) is 11.8. The Hall–Kier alpha value is 0.920. The summed E-state index contributed by atoms with van der Waals surface area (Å²) in [7, 11) is 0. The molecule has 1 aliphatic rings. The number of fused-ring (bicyclic) bond motifs is 1. The Kier molecular flexibility index (Phi) is 26.4. The van der Waals surface area contributed by atoms with Crippen molar-refractivity contribution in [2.45, 2.75) is 45.4 Å². The molecule has 2 rings (SSSR count). The van der Waals surface area contributed by atoms with Crippen LogP contribution in [0.4, 0.5) is 0 Å². The zero-order valence-corrected chi connectivity index (χ0v) is 19.5. The van der Waals surface area contributed by atoms with Crippen LogP contribution in [0.25, 0.3) is 0 Å². The number of hydrogen-bond acceptors (Lipinski definition) is 9. The molecule has 1 heterocycles. The molecular weight excluding hydrogens is 446 g/mol. The van der Waals surface area contributed by atoms with E-state index in [-0.39, 0.29) is 12.4 Å². The van der Waals surface area contributed by atoms with E-state index in [1.165, 1.54) is 23.5 Å². The van der Waals surface area contributed by atoms with Crippen molar-refractivity contribution in [2.75, 3.05) is 5.75 Å². The molecule has 6 nitrogen and oxygen atoms in total. The third-order valence-corrected chi connectivity index (χ3v) is 3.02. The number of hydrogen-bond donors (Lipinski definition) is 0. The molecule has 0 saturated carbocycles. The fourth-order valence-corrected chi connectivity index (χ4v) is 2.33. The first kappa shape index (κ1) is 33.5. The smallest absolute Gasteiger partial charge is 0.0104 e. The van der Waals surface area contributed by atoms with Gasteiger partial charge in [-0.3, -0.25) is 0 Å². The summed E-state index contributed by atoms with van der Waals surface area (Å²) in [4.78, 5) is 55.0. The van der Waals surface area contributed by atoms with Gasteiger partial charge in [0.15, 0.2) is 0 Å². The van der Waals surface area contributed by atoms with Crippen LogP contribution in [0.2, 0.25) is 0 Å². The van der Waals surface area contributed by atoms with Crippen molar-refractivity contribution in [2.24, 2.45) is 0 Å². The van der Waals surface area contributed by atoms with Gasteiger partial charge in [-0.15, -0.1) is 24.2 Å². The molecule has 0 radical (unpaired) electrons. The fraction of sp³-hybridized carbons (Fsp3) is 0.538. The molecule has 12 heteroatoms. The van der Waals surface area contributed by atoms with Crippen LogP contribution in [0.3, 0.4) is 0 Å². The van der Waals surface area contributed by atoms with E-state index in [1.54, 1.807) is 5.56 Å². The second kappa shape index (κ2) is 19.7. The predicted molar refractivity (Wildman–Crippen MR) is 104 cm³/mol. The maximum atomic E-state index is 8.92. The van der Waals surface area contributed by atoms with E-state index in [2.05, 4.69) is 47.9 Å². The van der Waals surface area contributed by atoms with Crippen LogP contribution in [0, 0.1) is 0 Å². The van der Waals surface area contributed by atoms with Crippen LogP contribution >= 0.6 is 37.6 Å². The average molecular weight is 469 g/mol. The first-order chi connectivity index (χ1) is 11.0. The SMILES string of the molecule is CC.CC.Cl.[O-]P([O-])([O-])=S.[O-]P([O-])([O-])=S.c1ccc2c(c1)CCCS2. The lowest BCUT2D eigenvalue weighted by Crippen LogP contribution is -2.23. The number of halogens is 1. The Morgan fingerprint density at radius 2 is 1.20 bits per heavy atom. The maximum Gasteiger partial charge on any atom is 0.0104 e. The van der Waals surface area contributed by atoms with Gasteiger partial charge in [0.1, 0.15) is 0 Å². The van der Waals surface area contributed by atoms with Crippen molar-refractivity contribution in [1.29, 1.82) is 0 Å². The lowest BCUT2D eigenvalue weighted by Gasteiger charge is -2.43. The van der Waals surface area contributed by atoms with Crippen LogP contribution in [-0.2, 0) is 30.0 Å². The van der Waals surface area contributed by atoms with Crippen molar-refractivity contribution >= 4 is 61.2 Å². The van der Waals surface area contributed by atoms with Crippen LogP contribution < -0.4 is 29.4 Å². The quantitative estimate of drug-likeness (QED) is 0.473. The number of thioether (sulfide) groups is 1. The minimum atomic E-state index is -4.56. The van der Waals surface area contributed by atoms with E-state index in [4.69, 9.17) is 29.4 Å². The van der Waals surface area contributed by atoms with E-state index in [1.807, 2.05) is 39.5 Å². The number of rotatable bonds is 0. The minimum absolute atomic E-state index is 0. The number of aryl methyl sites for hydroxylation is 1. The van der Waals surface area contributed by atoms with Gasteiger partial charge in [-0.1, -0.05) is 45.9 Å². The van der Waals surface area contributed by atoms with Crippen molar-refractivity contribution in [3.8, 4) is 0 Å². The molecule has 152 valence electrons. The molecule has 0 fully saturated rings. The second-order valence-corrected chi connectivity index (χ2v) is 9.06. The Morgan fingerprint density at radius 1 is 0.840 bits per heavy atom. The molecule has 0 atom stereocenters. The molecule has 0 spiro atoms. The fourth-order valence-electron chi connectivity index (χ4n) is 1.30. The largest absolute Gasteiger partial charge is 0.844 e. The van der Waals surface area contributed by atoms with Gasteiger partial charge in [0.2, 0.25) is 0 Å². The van der Waals surface area contributed by atoms with E-state index in [0.717, 1.165) is 0 Å². The van der Waals surface area contributed by atoms with E-state index in [9.17, 15) is 0 Å². The Bertz CT molecular complexity index is 449. The van der Waals surface area contributed by atoms with Crippen molar-refractivity contribution in [1.82, 2.24) is 0 Å². The lowest BCUT2D eigenvalue weighted by atomic mass is 10.1. The molecule has 0 aromatic heterocycles. The topological polar surface area (TPSA) is 138 Å². The summed E-state index contributed by atoms with van der Waals surface area (Å²) in [5.74, 6) is 1.30. The van der Waals surface area contributed by atoms with Gasteiger partial charge >= 0.3 is 0 Å². The highest BCUT2D eigenvalue weighted by molar-refractivity contribution is 8.04. The van der Waals surface area contributed by atoms with Crippen LogP contribution in [0.15, 0.2) is 29.2 Å². The molecule has 0 N–H and O–H groups in total. The molecule has 1 aliphatic heterocycles.